The zero-order valence-electron chi connectivity index (χ0n) is 11.5. The molecule has 1 aliphatic heterocycles. The largest absolute Gasteiger partial charge is 0.389 e. The summed E-state index contributed by atoms with van der Waals surface area (Å²) in [7, 11) is 1.79. The van der Waals surface area contributed by atoms with E-state index in [4.69, 9.17) is 4.74 Å². The summed E-state index contributed by atoms with van der Waals surface area (Å²) in [6.45, 7) is 5.04. The zero-order valence-corrected chi connectivity index (χ0v) is 11.5. The Balaban J connectivity index is 2.22. The van der Waals surface area contributed by atoms with Gasteiger partial charge < -0.3 is 14.7 Å². The second-order valence-electron chi connectivity index (χ2n) is 5.16. The molecule has 1 aliphatic rings. The highest BCUT2D eigenvalue weighted by Gasteiger charge is 2.27. The van der Waals surface area contributed by atoms with Gasteiger partial charge in [0.05, 0.1) is 12.2 Å². The summed E-state index contributed by atoms with van der Waals surface area (Å²) in [5.74, 6) is 0. The fourth-order valence-electron chi connectivity index (χ4n) is 2.80. The fraction of sp³-hybridized carbons (Fsp3) is 0.600. The SMILES string of the molecule is COC1CCN(c2ccccc2C(C)O)C(C)C1. The molecule has 3 heteroatoms. The van der Waals surface area contributed by atoms with Crippen molar-refractivity contribution in [1.82, 2.24) is 0 Å². The molecule has 1 aromatic carbocycles. The van der Waals surface area contributed by atoms with Crippen molar-refractivity contribution in [2.24, 2.45) is 0 Å². The van der Waals surface area contributed by atoms with E-state index in [1.807, 2.05) is 25.1 Å². The molecule has 0 aliphatic carbocycles. The van der Waals surface area contributed by atoms with Crippen molar-refractivity contribution < 1.29 is 9.84 Å². The number of ether oxygens (including phenoxy) is 1. The van der Waals surface area contributed by atoms with E-state index in [0.29, 0.717) is 12.1 Å². The molecule has 0 radical (unpaired) electrons. The lowest BCUT2D eigenvalue weighted by molar-refractivity contribution is 0.0720. The number of aliphatic hydroxyl groups is 1. The highest BCUT2D eigenvalue weighted by atomic mass is 16.5. The van der Waals surface area contributed by atoms with E-state index in [0.717, 1.165) is 30.6 Å². The predicted molar refractivity (Wildman–Crippen MR) is 73.9 cm³/mol. The third-order valence-corrected chi connectivity index (χ3v) is 3.86. The summed E-state index contributed by atoms with van der Waals surface area (Å²) in [6.07, 6.45) is 2.04. The average Bonchev–Trinajstić information content (AvgIpc) is 2.38. The maximum absolute atomic E-state index is 9.87. The minimum Gasteiger partial charge on any atom is -0.389 e. The first-order chi connectivity index (χ1) is 8.63. The summed E-state index contributed by atoms with van der Waals surface area (Å²) < 4.78 is 5.45. The Bertz CT molecular complexity index is 392. The number of methoxy groups -OCH3 is 1. The molecule has 3 atom stereocenters. The number of para-hydroxylation sites is 1. The monoisotopic (exact) mass is 249 g/mol. The van der Waals surface area contributed by atoms with Crippen molar-refractivity contribution in [2.75, 3.05) is 18.6 Å². The van der Waals surface area contributed by atoms with Crippen LogP contribution in [0.15, 0.2) is 24.3 Å². The normalized spacial score (nSPS) is 26.1. The molecule has 0 spiro atoms. The number of hydrogen-bond acceptors (Lipinski definition) is 3. The van der Waals surface area contributed by atoms with Crippen molar-refractivity contribution in [2.45, 2.75) is 44.9 Å². The fourth-order valence-corrected chi connectivity index (χ4v) is 2.80. The lowest BCUT2D eigenvalue weighted by Gasteiger charge is -2.40. The standard InChI is InChI=1S/C15H23NO2/c1-11-10-13(18-3)8-9-16(11)15-7-5-4-6-14(15)12(2)17/h4-7,11-13,17H,8-10H2,1-3H3. The quantitative estimate of drug-likeness (QED) is 0.894. The Morgan fingerprint density at radius 1 is 1.39 bits per heavy atom. The van der Waals surface area contributed by atoms with E-state index in [2.05, 4.69) is 17.9 Å². The highest BCUT2D eigenvalue weighted by molar-refractivity contribution is 5.55. The van der Waals surface area contributed by atoms with Gasteiger partial charge in [0.15, 0.2) is 0 Å². The van der Waals surface area contributed by atoms with Gasteiger partial charge in [0.25, 0.3) is 0 Å². The molecule has 1 fully saturated rings. The summed E-state index contributed by atoms with van der Waals surface area (Å²) in [6, 6.07) is 8.58. The number of nitrogens with zero attached hydrogens (tertiary/aromatic N) is 1. The first-order valence-corrected chi connectivity index (χ1v) is 6.70. The van der Waals surface area contributed by atoms with Gasteiger partial charge in [-0.25, -0.2) is 0 Å². The van der Waals surface area contributed by atoms with Gasteiger partial charge in [-0.05, 0) is 32.8 Å². The van der Waals surface area contributed by atoms with Crippen LogP contribution in [-0.4, -0.2) is 30.9 Å². The van der Waals surface area contributed by atoms with Crippen LogP contribution < -0.4 is 4.90 Å². The molecular weight excluding hydrogens is 226 g/mol. The number of hydrogen-bond donors (Lipinski definition) is 1. The molecule has 0 amide bonds. The molecule has 3 nitrogen and oxygen atoms in total. The second-order valence-corrected chi connectivity index (χ2v) is 5.16. The third kappa shape index (κ3) is 2.68. The van der Waals surface area contributed by atoms with Gasteiger partial charge in [-0.3, -0.25) is 0 Å². The summed E-state index contributed by atoms with van der Waals surface area (Å²) >= 11 is 0. The van der Waals surface area contributed by atoms with Gasteiger partial charge in [0.2, 0.25) is 0 Å². The van der Waals surface area contributed by atoms with Gasteiger partial charge in [-0.15, -0.1) is 0 Å². The Labute approximate surface area is 109 Å². The van der Waals surface area contributed by atoms with Crippen LogP contribution in [0.1, 0.15) is 38.4 Å². The summed E-state index contributed by atoms with van der Waals surface area (Å²) in [5, 5.41) is 9.87. The van der Waals surface area contributed by atoms with Gasteiger partial charge in [0.1, 0.15) is 0 Å². The molecule has 18 heavy (non-hydrogen) atoms. The minimum atomic E-state index is -0.423. The third-order valence-electron chi connectivity index (χ3n) is 3.86. The molecule has 0 aromatic heterocycles. The number of benzene rings is 1. The first kappa shape index (κ1) is 13.4. The van der Waals surface area contributed by atoms with Crippen molar-refractivity contribution in [3.05, 3.63) is 29.8 Å². The van der Waals surface area contributed by atoms with Gasteiger partial charge in [-0.2, -0.15) is 0 Å². The smallest absolute Gasteiger partial charge is 0.0781 e. The van der Waals surface area contributed by atoms with E-state index in [9.17, 15) is 5.11 Å². The van der Waals surface area contributed by atoms with Crippen molar-refractivity contribution in [1.29, 1.82) is 0 Å². The maximum atomic E-state index is 9.87. The lowest BCUT2D eigenvalue weighted by Crippen LogP contribution is -2.43. The maximum Gasteiger partial charge on any atom is 0.0781 e. The van der Waals surface area contributed by atoms with Crippen molar-refractivity contribution in [3.8, 4) is 0 Å². The molecule has 1 aromatic rings. The average molecular weight is 249 g/mol. The van der Waals surface area contributed by atoms with Crippen LogP contribution in [0.2, 0.25) is 0 Å². The highest BCUT2D eigenvalue weighted by Crippen LogP contribution is 2.31. The molecule has 100 valence electrons. The summed E-state index contributed by atoms with van der Waals surface area (Å²) in [4.78, 5) is 2.39. The van der Waals surface area contributed by atoms with Crippen molar-refractivity contribution in [3.63, 3.8) is 0 Å². The number of aliphatic hydroxyl groups excluding tert-OH is 1. The lowest BCUT2D eigenvalue weighted by atomic mass is 9.97. The van der Waals surface area contributed by atoms with Crippen LogP contribution in [0.25, 0.3) is 0 Å². The van der Waals surface area contributed by atoms with Crippen LogP contribution in [-0.2, 0) is 4.74 Å². The molecular formula is C15H23NO2. The predicted octanol–water partition coefficient (Wildman–Crippen LogP) is 2.74. The first-order valence-electron chi connectivity index (χ1n) is 6.70. The van der Waals surface area contributed by atoms with E-state index in [-0.39, 0.29) is 0 Å². The van der Waals surface area contributed by atoms with E-state index in [1.54, 1.807) is 7.11 Å². The Kier molecular flexibility index (Phi) is 4.25. The zero-order chi connectivity index (χ0) is 13.1. The number of rotatable bonds is 3. The van der Waals surface area contributed by atoms with E-state index >= 15 is 0 Å². The number of piperidine rings is 1. The van der Waals surface area contributed by atoms with Gasteiger partial charge >= 0.3 is 0 Å². The van der Waals surface area contributed by atoms with Crippen LogP contribution in [0, 0.1) is 0 Å². The van der Waals surface area contributed by atoms with Gasteiger partial charge in [0, 0.05) is 30.9 Å². The van der Waals surface area contributed by atoms with E-state index in [1.165, 1.54) is 0 Å². The number of anilines is 1. The minimum absolute atomic E-state index is 0.370. The summed E-state index contributed by atoms with van der Waals surface area (Å²) in [5.41, 5.74) is 2.18. The molecule has 0 saturated carbocycles. The van der Waals surface area contributed by atoms with Crippen molar-refractivity contribution >= 4 is 5.69 Å². The second kappa shape index (κ2) is 5.72. The van der Waals surface area contributed by atoms with E-state index < -0.39 is 6.10 Å². The molecule has 1 saturated heterocycles. The molecule has 1 heterocycles. The Hall–Kier alpha value is -1.06. The van der Waals surface area contributed by atoms with Crippen LogP contribution in [0.3, 0.4) is 0 Å². The van der Waals surface area contributed by atoms with Crippen LogP contribution in [0.5, 0.6) is 0 Å². The van der Waals surface area contributed by atoms with Crippen LogP contribution >= 0.6 is 0 Å². The Morgan fingerprint density at radius 3 is 2.72 bits per heavy atom. The van der Waals surface area contributed by atoms with Gasteiger partial charge in [-0.1, -0.05) is 18.2 Å². The molecule has 3 unspecified atom stereocenters. The van der Waals surface area contributed by atoms with Crippen LogP contribution in [0.4, 0.5) is 5.69 Å². The molecule has 2 rings (SSSR count). The molecule has 1 N–H and O–H groups in total. The molecule has 0 bridgehead atoms. The topological polar surface area (TPSA) is 32.7 Å². The Morgan fingerprint density at radius 2 is 2.11 bits per heavy atom.